The van der Waals surface area contributed by atoms with Crippen LogP contribution in [0, 0.1) is 5.92 Å². The molecule has 0 unspecified atom stereocenters. The first kappa shape index (κ1) is 6.58. The minimum atomic E-state index is 0.893. The Balaban J connectivity index is 2.14. The van der Waals surface area contributed by atoms with E-state index in [1.807, 2.05) is 0 Å². The number of hydrogen-bond acceptors (Lipinski definition) is 0. The van der Waals surface area contributed by atoms with Gasteiger partial charge >= 0.3 is 0 Å². The van der Waals surface area contributed by atoms with E-state index in [2.05, 4.69) is 45.2 Å². The van der Waals surface area contributed by atoms with Gasteiger partial charge < -0.3 is 0 Å². The minimum Gasteiger partial charge on any atom is -0.0707 e. The van der Waals surface area contributed by atoms with Crippen LogP contribution in [0.25, 0.3) is 0 Å². The molecule has 1 aliphatic carbocycles. The topological polar surface area (TPSA) is 0 Å². The molecule has 0 saturated heterocycles. The maximum atomic E-state index is 2.51. The van der Waals surface area contributed by atoms with Crippen LogP contribution in [-0.4, -0.2) is 1.93 Å². The maximum absolute atomic E-state index is 2.51. The molecule has 1 saturated carbocycles. The Labute approximate surface area is 71.7 Å². The summed E-state index contributed by atoms with van der Waals surface area (Å²) >= 11 is 5.01. The summed E-state index contributed by atoms with van der Waals surface area (Å²) in [5, 5.41) is 0. The van der Waals surface area contributed by atoms with E-state index >= 15 is 0 Å². The molecule has 0 aromatic rings. The molecule has 0 N–H and O–H groups in total. The van der Waals surface area contributed by atoms with Crippen LogP contribution in [0.2, 0.25) is 0 Å². The molecule has 7 heavy (non-hydrogen) atoms. The average molecular weight is 322 g/mol. The summed E-state index contributed by atoms with van der Waals surface area (Å²) in [5.74, 6) is 1.06. The molecule has 0 aromatic heterocycles. The van der Waals surface area contributed by atoms with Gasteiger partial charge in [0.05, 0.1) is 1.93 Å². The second kappa shape index (κ2) is 2.85. The van der Waals surface area contributed by atoms with Crippen LogP contribution in [0.3, 0.4) is 0 Å². The van der Waals surface area contributed by atoms with Crippen molar-refractivity contribution >= 4 is 45.2 Å². The van der Waals surface area contributed by atoms with E-state index in [0.717, 1.165) is 7.85 Å². The van der Waals surface area contributed by atoms with E-state index in [1.54, 1.807) is 0 Å². The predicted octanol–water partition coefficient (Wildman–Crippen LogP) is 2.98. The first-order chi connectivity index (χ1) is 3.30. The van der Waals surface area contributed by atoms with Gasteiger partial charge in [0.2, 0.25) is 0 Å². The molecule has 0 nitrogen and oxygen atoms in total. The van der Waals surface area contributed by atoms with Gasteiger partial charge in [-0.2, -0.15) is 0 Å². The SMILES string of the molecule is IC(I)C1CCC1. The summed E-state index contributed by atoms with van der Waals surface area (Å²) in [6, 6.07) is 0. The molecule has 42 valence electrons. The van der Waals surface area contributed by atoms with Crippen molar-refractivity contribution in [3.8, 4) is 0 Å². The van der Waals surface area contributed by atoms with Crippen molar-refractivity contribution in [2.75, 3.05) is 0 Å². The highest BCUT2D eigenvalue weighted by Crippen LogP contribution is 2.36. The van der Waals surface area contributed by atoms with Crippen molar-refractivity contribution in [2.24, 2.45) is 5.92 Å². The quantitative estimate of drug-likeness (QED) is 0.514. The van der Waals surface area contributed by atoms with E-state index in [9.17, 15) is 0 Å². The maximum Gasteiger partial charge on any atom is 0.0654 e. The Morgan fingerprint density at radius 1 is 1.29 bits per heavy atom. The molecular weight excluding hydrogens is 314 g/mol. The zero-order valence-electron chi connectivity index (χ0n) is 4.03. The summed E-state index contributed by atoms with van der Waals surface area (Å²) in [7, 11) is 0. The molecule has 0 aromatic carbocycles. The monoisotopic (exact) mass is 322 g/mol. The van der Waals surface area contributed by atoms with Gasteiger partial charge in [0.1, 0.15) is 0 Å². The fourth-order valence-electron chi connectivity index (χ4n) is 0.692. The standard InChI is InChI=1S/C5H8I2/c6-5(7)4-2-1-3-4/h4-5H,1-3H2. The lowest BCUT2D eigenvalue weighted by Crippen LogP contribution is -2.16. The van der Waals surface area contributed by atoms with Crippen LogP contribution in [0.5, 0.6) is 0 Å². The summed E-state index contributed by atoms with van der Waals surface area (Å²) in [5.41, 5.74) is 0. The van der Waals surface area contributed by atoms with Crippen molar-refractivity contribution in [1.29, 1.82) is 0 Å². The Bertz CT molecular complexity index is 57.1. The third kappa shape index (κ3) is 1.69. The highest BCUT2D eigenvalue weighted by atomic mass is 127. The number of rotatable bonds is 1. The van der Waals surface area contributed by atoms with Gasteiger partial charge in [-0.1, -0.05) is 51.6 Å². The molecule has 0 amide bonds. The van der Waals surface area contributed by atoms with Crippen LogP contribution in [0.4, 0.5) is 0 Å². The van der Waals surface area contributed by atoms with Crippen molar-refractivity contribution in [1.82, 2.24) is 0 Å². The third-order valence-electron chi connectivity index (χ3n) is 1.51. The molecule has 1 rings (SSSR count). The first-order valence-corrected chi connectivity index (χ1v) is 5.08. The van der Waals surface area contributed by atoms with Crippen LogP contribution in [0.1, 0.15) is 19.3 Å². The van der Waals surface area contributed by atoms with E-state index in [1.165, 1.54) is 19.3 Å². The van der Waals surface area contributed by atoms with Gasteiger partial charge in [0, 0.05) is 0 Å². The number of halogens is 2. The normalized spacial score (nSPS) is 22.7. The smallest absolute Gasteiger partial charge is 0.0654 e. The molecule has 0 heterocycles. The van der Waals surface area contributed by atoms with Gasteiger partial charge in [-0.3, -0.25) is 0 Å². The van der Waals surface area contributed by atoms with Crippen LogP contribution < -0.4 is 0 Å². The largest absolute Gasteiger partial charge is 0.0707 e. The van der Waals surface area contributed by atoms with Gasteiger partial charge in [-0.15, -0.1) is 0 Å². The fraction of sp³-hybridized carbons (Fsp3) is 1.00. The second-order valence-corrected chi connectivity index (χ2v) is 7.09. The highest BCUT2D eigenvalue weighted by molar-refractivity contribution is 14.2. The van der Waals surface area contributed by atoms with Crippen LogP contribution in [-0.2, 0) is 0 Å². The van der Waals surface area contributed by atoms with Crippen LogP contribution >= 0.6 is 45.2 Å². The second-order valence-electron chi connectivity index (χ2n) is 2.03. The first-order valence-electron chi connectivity index (χ1n) is 2.59. The van der Waals surface area contributed by atoms with E-state index in [4.69, 9.17) is 0 Å². The molecule has 0 bridgehead atoms. The van der Waals surface area contributed by atoms with Crippen molar-refractivity contribution < 1.29 is 0 Å². The zero-order valence-corrected chi connectivity index (χ0v) is 8.35. The van der Waals surface area contributed by atoms with Crippen molar-refractivity contribution in [3.63, 3.8) is 0 Å². The number of alkyl halides is 2. The highest BCUT2D eigenvalue weighted by Gasteiger charge is 2.22. The van der Waals surface area contributed by atoms with E-state index < -0.39 is 0 Å². The lowest BCUT2D eigenvalue weighted by atomic mass is 9.88. The zero-order chi connectivity index (χ0) is 5.28. The van der Waals surface area contributed by atoms with Crippen molar-refractivity contribution in [2.45, 2.75) is 21.2 Å². The lowest BCUT2D eigenvalue weighted by molar-refractivity contribution is 0.352. The minimum absolute atomic E-state index is 0.893. The Morgan fingerprint density at radius 3 is 1.86 bits per heavy atom. The summed E-state index contributed by atoms with van der Waals surface area (Å²) in [6.07, 6.45) is 4.44. The molecule has 1 fully saturated rings. The Hall–Kier alpha value is 1.46. The molecule has 1 aliphatic rings. The summed E-state index contributed by atoms with van der Waals surface area (Å²) in [4.78, 5) is 0. The summed E-state index contributed by atoms with van der Waals surface area (Å²) in [6.45, 7) is 0. The molecule has 0 radical (unpaired) electrons. The molecule has 2 heteroatoms. The van der Waals surface area contributed by atoms with Gasteiger partial charge in [-0.25, -0.2) is 0 Å². The molecule has 0 spiro atoms. The molecule has 0 atom stereocenters. The Kier molecular flexibility index (Phi) is 2.67. The number of hydrogen-bond donors (Lipinski definition) is 0. The average Bonchev–Trinajstić information content (AvgIpc) is 1.23. The fourth-order valence-corrected chi connectivity index (χ4v) is 2.13. The van der Waals surface area contributed by atoms with Crippen LogP contribution in [0.15, 0.2) is 0 Å². The molecule has 0 aliphatic heterocycles. The Morgan fingerprint density at radius 2 is 1.86 bits per heavy atom. The van der Waals surface area contributed by atoms with Gasteiger partial charge in [0.15, 0.2) is 0 Å². The lowest BCUT2D eigenvalue weighted by Gasteiger charge is -2.26. The summed E-state index contributed by atoms with van der Waals surface area (Å²) < 4.78 is 0.893. The van der Waals surface area contributed by atoms with E-state index in [0.29, 0.717) is 0 Å². The van der Waals surface area contributed by atoms with Gasteiger partial charge in [0.25, 0.3) is 0 Å². The predicted molar refractivity (Wildman–Crippen MR) is 49.2 cm³/mol. The third-order valence-corrected chi connectivity index (χ3v) is 3.54. The van der Waals surface area contributed by atoms with Crippen molar-refractivity contribution in [3.05, 3.63) is 0 Å². The van der Waals surface area contributed by atoms with Gasteiger partial charge in [-0.05, 0) is 18.8 Å². The van der Waals surface area contributed by atoms with E-state index in [-0.39, 0.29) is 0 Å². The molecular formula is C5H8I2.